The zero-order valence-electron chi connectivity index (χ0n) is 15.3. The van der Waals surface area contributed by atoms with Crippen molar-refractivity contribution in [3.05, 3.63) is 29.6 Å². The number of rotatable bonds is 3. The van der Waals surface area contributed by atoms with Crippen molar-refractivity contribution in [3.63, 3.8) is 0 Å². The van der Waals surface area contributed by atoms with Crippen LogP contribution >= 0.6 is 0 Å². The number of benzene rings is 1. The highest BCUT2D eigenvalue weighted by atomic mass is 19.1. The fourth-order valence-corrected chi connectivity index (χ4v) is 3.88. The summed E-state index contributed by atoms with van der Waals surface area (Å²) in [7, 11) is 0. The van der Waals surface area contributed by atoms with Gasteiger partial charge in [-0.2, -0.15) is 0 Å². The van der Waals surface area contributed by atoms with Gasteiger partial charge in [0.1, 0.15) is 5.82 Å². The largest absolute Gasteiger partial charge is 0.325 e. The number of likely N-dealkylation sites (tertiary alicyclic amines) is 2. The summed E-state index contributed by atoms with van der Waals surface area (Å²) in [5, 5.41) is 2.82. The van der Waals surface area contributed by atoms with Crippen LogP contribution in [0.2, 0.25) is 0 Å². The molecular formula is C20H30FN3O. The number of piperidine rings is 1. The number of carbonyl (C=O) groups is 1. The molecule has 1 aromatic rings. The van der Waals surface area contributed by atoms with Gasteiger partial charge in [0.05, 0.1) is 0 Å². The SMILES string of the molecule is Cc1ccc(NC(=O)N2CCC(CN3CCCCCC3)CC2)cc1F. The van der Waals surface area contributed by atoms with Crippen molar-refractivity contribution < 1.29 is 9.18 Å². The predicted octanol–water partition coefficient (Wildman–Crippen LogP) is 4.25. The lowest BCUT2D eigenvalue weighted by Crippen LogP contribution is -2.43. The van der Waals surface area contributed by atoms with E-state index in [0.29, 0.717) is 17.2 Å². The number of halogens is 1. The van der Waals surface area contributed by atoms with Crippen LogP contribution in [0, 0.1) is 18.7 Å². The second kappa shape index (κ2) is 8.65. The number of carbonyl (C=O) groups excluding carboxylic acids is 1. The van der Waals surface area contributed by atoms with Gasteiger partial charge < -0.3 is 15.1 Å². The van der Waals surface area contributed by atoms with Crippen molar-refractivity contribution in [2.24, 2.45) is 5.92 Å². The van der Waals surface area contributed by atoms with Crippen LogP contribution < -0.4 is 5.32 Å². The number of nitrogens with one attached hydrogen (secondary N) is 1. The van der Waals surface area contributed by atoms with E-state index in [4.69, 9.17) is 0 Å². The molecule has 0 unspecified atom stereocenters. The van der Waals surface area contributed by atoms with Crippen molar-refractivity contribution in [3.8, 4) is 0 Å². The first-order valence-electron chi connectivity index (χ1n) is 9.66. The molecule has 2 amide bonds. The van der Waals surface area contributed by atoms with Crippen LogP contribution in [0.3, 0.4) is 0 Å². The molecule has 5 heteroatoms. The van der Waals surface area contributed by atoms with E-state index >= 15 is 0 Å². The van der Waals surface area contributed by atoms with Crippen molar-refractivity contribution in [2.75, 3.05) is 38.0 Å². The summed E-state index contributed by atoms with van der Waals surface area (Å²) in [4.78, 5) is 16.9. The standard InChI is InChI=1S/C20H30FN3O/c1-16-6-7-18(14-19(16)21)22-20(25)24-12-8-17(9-13-24)15-23-10-4-2-3-5-11-23/h6-7,14,17H,2-5,8-13,15H2,1H3,(H,22,25). The molecule has 0 saturated carbocycles. The van der Waals surface area contributed by atoms with Crippen LogP contribution in [0.5, 0.6) is 0 Å². The number of nitrogens with zero attached hydrogens (tertiary/aromatic N) is 2. The molecular weight excluding hydrogens is 317 g/mol. The van der Waals surface area contributed by atoms with E-state index in [1.807, 2.05) is 4.90 Å². The van der Waals surface area contributed by atoms with Gasteiger partial charge in [0.15, 0.2) is 0 Å². The molecule has 3 rings (SSSR count). The van der Waals surface area contributed by atoms with Gasteiger partial charge in [-0.1, -0.05) is 18.9 Å². The third kappa shape index (κ3) is 5.18. The third-order valence-corrected chi connectivity index (χ3v) is 5.54. The fraction of sp³-hybridized carbons (Fsp3) is 0.650. The Balaban J connectivity index is 1.44. The maximum Gasteiger partial charge on any atom is 0.321 e. The third-order valence-electron chi connectivity index (χ3n) is 5.54. The van der Waals surface area contributed by atoms with Gasteiger partial charge in [0.2, 0.25) is 0 Å². The molecule has 2 aliphatic heterocycles. The van der Waals surface area contributed by atoms with Crippen LogP contribution in [0.1, 0.15) is 44.1 Å². The number of amides is 2. The van der Waals surface area contributed by atoms with Crippen LogP contribution in [-0.4, -0.2) is 48.6 Å². The Labute approximate surface area is 150 Å². The van der Waals surface area contributed by atoms with Crippen LogP contribution in [0.15, 0.2) is 18.2 Å². The number of anilines is 1. The van der Waals surface area contributed by atoms with E-state index < -0.39 is 0 Å². The molecule has 2 aliphatic rings. The second-order valence-electron chi connectivity index (χ2n) is 7.54. The molecule has 0 radical (unpaired) electrons. The molecule has 138 valence electrons. The Bertz CT molecular complexity index is 576. The number of urea groups is 1. The highest BCUT2D eigenvalue weighted by Gasteiger charge is 2.24. The number of hydrogen-bond donors (Lipinski definition) is 1. The maximum absolute atomic E-state index is 13.6. The molecule has 0 bridgehead atoms. The highest BCUT2D eigenvalue weighted by Crippen LogP contribution is 2.21. The Morgan fingerprint density at radius 1 is 1.12 bits per heavy atom. The number of aryl methyl sites for hydroxylation is 1. The first kappa shape index (κ1) is 18.2. The van der Waals surface area contributed by atoms with E-state index in [1.165, 1.54) is 51.4 Å². The van der Waals surface area contributed by atoms with Crippen molar-refractivity contribution >= 4 is 11.7 Å². The molecule has 2 saturated heterocycles. The average molecular weight is 347 g/mol. The van der Waals surface area contributed by atoms with Gasteiger partial charge >= 0.3 is 6.03 Å². The lowest BCUT2D eigenvalue weighted by atomic mass is 9.96. The van der Waals surface area contributed by atoms with E-state index in [9.17, 15) is 9.18 Å². The minimum absolute atomic E-state index is 0.114. The van der Waals surface area contributed by atoms with E-state index in [1.54, 1.807) is 19.1 Å². The topological polar surface area (TPSA) is 35.6 Å². The molecule has 2 heterocycles. The quantitative estimate of drug-likeness (QED) is 0.887. The Morgan fingerprint density at radius 2 is 1.80 bits per heavy atom. The summed E-state index contributed by atoms with van der Waals surface area (Å²) in [5.41, 5.74) is 1.12. The molecule has 0 spiro atoms. The van der Waals surface area contributed by atoms with E-state index in [0.717, 1.165) is 25.9 Å². The summed E-state index contributed by atoms with van der Waals surface area (Å²) >= 11 is 0. The lowest BCUT2D eigenvalue weighted by molar-refractivity contribution is 0.155. The number of hydrogen-bond acceptors (Lipinski definition) is 2. The Morgan fingerprint density at radius 3 is 2.44 bits per heavy atom. The summed E-state index contributed by atoms with van der Waals surface area (Å²) in [5.74, 6) is 0.410. The average Bonchev–Trinajstić information content (AvgIpc) is 2.87. The second-order valence-corrected chi connectivity index (χ2v) is 7.54. The molecule has 1 aromatic carbocycles. The molecule has 4 nitrogen and oxygen atoms in total. The van der Waals surface area contributed by atoms with E-state index in [2.05, 4.69) is 10.2 Å². The highest BCUT2D eigenvalue weighted by molar-refractivity contribution is 5.89. The molecule has 0 aliphatic carbocycles. The molecule has 2 fully saturated rings. The zero-order chi connectivity index (χ0) is 17.6. The summed E-state index contributed by atoms with van der Waals surface area (Å²) < 4.78 is 13.6. The van der Waals surface area contributed by atoms with Gasteiger partial charge in [-0.05, 0) is 69.3 Å². The van der Waals surface area contributed by atoms with Gasteiger partial charge in [-0.25, -0.2) is 9.18 Å². The first-order chi connectivity index (χ1) is 12.1. The van der Waals surface area contributed by atoms with Crippen LogP contribution in [0.4, 0.5) is 14.9 Å². The maximum atomic E-state index is 13.6. The van der Waals surface area contributed by atoms with Crippen molar-refractivity contribution in [1.29, 1.82) is 0 Å². The normalized spacial score (nSPS) is 20.3. The summed E-state index contributed by atoms with van der Waals surface area (Å²) in [6.07, 6.45) is 7.52. The van der Waals surface area contributed by atoms with Crippen molar-refractivity contribution in [2.45, 2.75) is 45.4 Å². The summed E-state index contributed by atoms with van der Waals surface area (Å²) in [6.45, 7) is 6.95. The Kier molecular flexibility index (Phi) is 6.29. The molecule has 1 N–H and O–H groups in total. The minimum Gasteiger partial charge on any atom is -0.325 e. The molecule has 0 atom stereocenters. The fourth-order valence-electron chi connectivity index (χ4n) is 3.88. The zero-order valence-corrected chi connectivity index (χ0v) is 15.3. The van der Waals surface area contributed by atoms with Gasteiger partial charge in [-0.15, -0.1) is 0 Å². The molecule has 0 aromatic heterocycles. The monoisotopic (exact) mass is 347 g/mol. The predicted molar refractivity (Wildman–Crippen MR) is 99.4 cm³/mol. The lowest BCUT2D eigenvalue weighted by Gasteiger charge is -2.34. The smallest absolute Gasteiger partial charge is 0.321 e. The van der Waals surface area contributed by atoms with Crippen molar-refractivity contribution in [1.82, 2.24) is 9.80 Å². The summed E-state index contributed by atoms with van der Waals surface area (Å²) in [6, 6.07) is 4.72. The minimum atomic E-state index is -0.283. The van der Waals surface area contributed by atoms with Crippen LogP contribution in [0.25, 0.3) is 0 Å². The first-order valence-corrected chi connectivity index (χ1v) is 9.66. The van der Waals surface area contributed by atoms with Gasteiger partial charge in [0.25, 0.3) is 0 Å². The molecule has 25 heavy (non-hydrogen) atoms. The van der Waals surface area contributed by atoms with E-state index in [-0.39, 0.29) is 11.8 Å². The van der Waals surface area contributed by atoms with Gasteiger partial charge in [0, 0.05) is 25.3 Å². The van der Waals surface area contributed by atoms with Gasteiger partial charge in [-0.3, -0.25) is 0 Å². The Hall–Kier alpha value is -1.62. The van der Waals surface area contributed by atoms with Crippen LogP contribution in [-0.2, 0) is 0 Å².